The summed E-state index contributed by atoms with van der Waals surface area (Å²) in [5.74, 6) is -1.09. The second-order valence-electron chi connectivity index (χ2n) is 10.7. The monoisotopic (exact) mass is 617 g/mol. The highest BCUT2D eigenvalue weighted by molar-refractivity contribution is 7.92. The molecule has 3 aromatic rings. The van der Waals surface area contributed by atoms with Gasteiger partial charge in [-0.05, 0) is 94.3 Å². The molecular formula is C31H37ClFN3O5S. The van der Waals surface area contributed by atoms with Crippen molar-refractivity contribution in [3.05, 3.63) is 89.2 Å². The second-order valence-corrected chi connectivity index (χ2v) is 12.9. The molecular weight excluding hydrogens is 581 g/mol. The van der Waals surface area contributed by atoms with Crippen molar-refractivity contribution in [2.75, 3.05) is 17.5 Å². The van der Waals surface area contributed by atoms with Crippen LogP contribution in [0.3, 0.4) is 0 Å². The number of nitrogens with one attached hydrogen (secondary N) is 1. The Bertz CT molecular complexity index is 1480. The summed E-state index contributed by atoms with van der Waals surface area (Å²) in [6.45, 7) is 8.80. The van der Waals surface area contributed by atoms with Gasteiger partial charge in [-0.1, -0.05) is 36.7 Å². The van der Waals surface area contributed by atoms with Gasteiger partial charge in [-0.3, -0.25) is 13.9 Å². The van der Waals surface area contributed by atoms with E-state index >= 15 is 0 Å². The molecule has 0 radical (unpaired) electrons. The Balaban J connectivity index is 2.07. The van der Waals surface area contributed by atoms with Gasteiger partial charge in [0.25, 0.3) is 10.0 Å². The van der Waals surface area contributed by atoms with E-state index in [1.54, 1.807) is 31.2 Å². The van der Waals surface area contributed by atoms with E-state index in [1.165, 1.54) is 41.3 Å². The lowest BCUT2D eigenvalue weighted by molar-refractivity contribution is -0.141. The fourth-order valence-corrected chi connectivity index (χ4v) is 5.93. The third-order valence-corrected chi connectivity index (χ3v) is 8.46. The molecule has 0 fully saturated rings. The van der Waals surface area contributed by atoms with Crippen molar-refractivity contribution in [3.8, 4) is 5.75 Å². The first-order valence-corrected chi connectivity index (χ1v) is 15.4. The maximum Gasteiger partial charge on any atom is 0.264 e. The quantitative estimate of drug-likeness (QED) is 0.277. The number of nitrogens with zero attached hydrogens (tertiary/aromatic N) is 2. The van der Waals surface area contributed by atoms with E-state index in [0.717, 1.165) is 16.4 Å². The predicted octanol–water partition coefficient (Wildman–Crippen LogP) is 5.80. The molecule has 226 valence electrons. The number of amides is 2. The zero-order valence-electron chi connectivity index (χ0n) is 24.4. The van der Waals surface area contributed by atoms with Gasteiger partial charge in [-0.2, -0.15) is 0 Å². The summed E-state index contributed by atoms with van der Waals surface area (Å²) in [6.07, 6.45) is 0.264. The number of anilines is 1. The van der Waals surface area contributed by atoms with Crippen LogP contribution in [0.5, 0.6) is 5.75 Å². The summed E-state index contributed by atoms with van der Waals surface area (Å²) in [5.41, 5.74) is 0.113. The molecule has 2 amide bonds. The second kappa shape index (κ2) is 14.0. The summed E-state index contributed by atoms with van der Waals surface area (Å²) in [4.78, 5) is 28.7. The zero-order chi connectivity index (χ0) is 31.1. The van der Waals surface area contributed by atoms with Gasteiger partial charge < -0.3 is 15.0 Å². The van der Waals surface area contributed by atoms with Crippen LogP contribution in [-0.4, -0.2) is 49.9 Å². The molecule has 8 nitrogen and oxygen atoms in total. The minimum atomic E-state index is -4.31. The molecule has 0 saturated carbocycles. The lowest BCUT2D eigenvalue weighted by Crippen LogP contribution is -2.55. The fraction of sp³-hybridized carbons (Fsp3) is 0.355. The smallest absolute Gasteiger partial charge is 0.264 e. The molecule has 0 aliphatic heterocycles. The van der Waals surface area contributed by atoms with E-state index in [4.69, 9.17) is 16.3 Å². The highest BCUT2D eigenvalue weighted by Gasteiger charge is 2.35. The first-order chi connectivity index (χ1) is 19.8. The van der Waals surface area contributed by atoms with Crippen molar-refractivity contribution < 1.29 is 27.1 Å². The molecule has 0 unspecified atom stereocenters. The topological polar surface area (TPSA) is 96.0 Å². The third kappa shape index (κ3) is 8.45. The van der Waals surface area contributed by atoms with Crippen LogP contribution in [0.15, 0.2) is 77.7 Å². The first kappa shape index (κ1) is 32.9. The number of rotatable bonds is 12. The summed E-state index contributed by atoms with van der Waals surface area (Å²) < 4.78 is 48.0. The SMILES string of the molecule is CCOc1ccc(S(=O)(=O)N(CC(=O)N(Cc2ccccc2Cl)[C@@H](CC)C(=O)NC(C)(C)C)c2ccc(F)cc2)cc1. The van der Waals surface area contributed by atoms with Gasteiger partial charge >= 0.3 is 0 Å². The van der Waals surface area contributed by atoms with Gasteiger partial charge in [0.05, 0.1) is 17.2 Å². The molecule has 1 atom stereocenters. The number of hydrogen-bond acceptors (Lipinski definition) is 5. The van der Waals surface area contributed by atoms with Crippen molar-refractivity contribution in [2.24, 2.45) is 0 Å². The fourth-order valence-electron chi connectivity index (χ4n) is 4.32. The minimum absolute atomic E-state index is 0.0328. The van der Waals surface area contributed by atoms with Crippen LogP contribution in [0.2, 0.25) is 5.02 Å². The van der Waals surface area contributed by atoms with Gasteiger partial charge in [0, 0.05) is 17.1 Å². The molecule has 0 heterocycles. The summed E-state index contributed by atoms with van der Waals surface area (Å²) in [7, 11) is -4.31. The van der Waals surface area contributed by atoms with Crippen LogP contribution >= 0.6 is 11.6 Å². The third-order valence-electron chi connectivity index (χ3n) is 6.30. The average Bonchev–Trinajstić information content (AvgIpc) is 2.92. The Morgan fingerprint density at radius 1 is 0.976 bits per heavy atom. The highest BCUT2D eigenvalue weighted by atomic mass is 35.5. The van der Waals surface area contributed by atoms with E-state index < -0.39 is 39.9 Å². The van der Waals surface area contributed by atoms with Crippen molar-refractivity contribution in [3.63, 3.8) is 0 Å². The summed E-state index contributed by atoms with van der Waals surface area (Å²) in [5, 5.41) is 3.32. The maximum atomic E-state index is 14.1. The van der Waals surface area contributed by atoms with E-state index in [1.807, 2.05) is 27.7 Å². The summed E-state index contributed by atoms with van der Waals surface area (Å²) >= 11 is 6.42. The van der Waals surface area contributed by atoms with Gasteiger partial charge in [-0.15, -0.1) is 0 Å². The van der Waals surface area contributed by atoms with Crippen LogP contribution in [0.25, 0.3) is 0 Å². The van der Waals surface area contributed by atoms with E-state index in [0.29, 0.717) is 22.9 Å². The molecule has 11 heteroatoms. The van der Waals surface area contributed by atoms with Crippen molar-refractivity contribution in [1.29, 1.82) is 0 Å². The molecule has 3 rings (SSSR count). The number of ether oxygens (including phenoxy) is 1. The summed E-state index contributed by atoms with van der Waals surface area (Å²) in [6, 6.07) is 16.6. The molecule has 1 N–H and O–H groups in total. The Hall–Kier alpha value is -3.63. The molecule has 3 aromatic carbocycles. The number of halogens is 2. The van der Waals surface area contributed by atoms with Crippen LogP contribution in [-0.2, 0) is 26.2 Å². The molecule has 0 bridgehead atoms. The highest BCUT2D eigenvalue weighted by Crippen LogP contribution is 2.27. The molecule has 0 aromatic heterocycles. The number of carbonyl (C=O) groups is 2. The molecule has 42 heavy (non-hydrogen) atoms. The number of carbonyl (C=O) groups excluding carboxylic acids is 2. The normalized spacial score (nSPS) is 12.4. The Kier molecular flexibility index (Phi) is 11.0. The lowest BCUT2D eigenvalue weighted by atomic mass is 10.1. The van der Waals surface area contributed by atoms with Gasteiger partial charge in [0.15, 0.2) is 0 Å². The predicted molar refractivity (Wildman–Crippen MR) is 163 cm³/mol. The van der Waals surface area contributed by atoms with E-state index in [9.17, 15) is 22.4 Å². The van der Waals surface area contributed by atoms with Crippen molar-refractivity contribution in [2.45, 2.75) is 64.1 Å². The van der Waals surface area contributed by atoms with Crippen LogP contribution in [0.4, 0.5) is 10.1 Å². The lowest BCUT2D eigenvalue weighted by Gasteiger charge is -2.35. The molecule has 0 aliphatic carbocycles. The van der Waals surface area contributed by atoms with Crippen molar-refractivity contribution >= 4 is 39.1 Å². The molecule has 0 saturated heterocycles. The van der Waals surface area contributed by atoms with E-state index in [-0.39, 0.29) is 29.5 Å². The number of benzene rings is 3. The van der Waals surface area contributed by atoms with Crippen LogP contribution < -0.4 is 14.4 Å². The zero-order valence-corrected chi connectivity index (χ0v) is 26.0. The Morgan fingerprint density at radius 3 is 2.14 bits per heavy atom. The average molecular weight is 618 g/mol. The van der Waals surface area contributed by atoms with Crippen LogP contribution in [0, 0.1) is 5.82 Å². The Labute approximate surface area is 252 Å². The maximum absolute atomic E-state index is 14.1. The Morgan fingerprint density at radius 2 is 1.60 bits per heavy atom. The molecule has 0 aliphatic rings. The van der Waals surface area contributed by atoms with E-state index in [2.05, 4.69) is 5.32 Å². The first-order valence-electron chi connectivity index (χ1n) is 13.6. The van der Waals surface area contributed by atoms with Gasteiger partial charge in [0.1, 0.15) is 24.2 Å². The minimum Gasteiger partial charge on any atom is -0.494 e. The van der Waals surface area contributed by atoms with Crippen molar-refractivity contribution in [1.82, 2.24) is 10.2 Å². The van der Waals surface area contributed by atoms with Gasteiger partial charge in [-0.25, -0.2) is 12.8 Å². The van der Waals surface area contributed by atoms with Gasteiger partial charge in [0.2, 0.25) is 11.8 Å². The number of hydrogen-bond donors (Lipinski definition) is 1. The molecule has 0 spiro atoms. The van der Waals surface area contributed by atoms with Crippen LogP contribution in [0.1, 0.15) is 46.6 Å². The standard InChI is InChI=1S/C31H37ClFN3O5S/c1-6-28(30(38)34-31(3,4)5)35(20-22-10-8-9-11-27(22)32)29(37)21-36(24-14-12-23(33)13-15-24)42(39,40)26-18-16-25(17-19-26)41-7-2/h8-19,28H,6-7,20-21H2,1-5H3,(H,34,38)/t28-/m0/s1. The number of sulfonamides is 1. The largest absolute Gasteiger partial charge is 0.494 e.